The molecule has 0 heterocycles. The number of carboxylic acids is 1. The predicted octanol–water partition coefficient (Wildman–Crippen LogP) is 3.00. The Bertz CT molecular complexity index is 491. The number of carboxylic acid groups (broad SMARTS) is 1. The van der Waals surface area contributed by atoms with Crippen LogP contribution in [0.15, 0.2) is 23.1 Å². The second-order valence-electron chi connectivity index (χ2n) is 4.27. The summed E-state index contributed by atoms with van der Waals surface area (Å²) in [4.78, 5) is 25.4. The van der Waals surface area contributed by atoms with Crippen LogP contribution in [0.4, 0.5) is 0 Å². The highest BCUT2D eigenvalue weighted by molar-refractivity contribution is 7.98. The molecule has 6 heteroatoms. The molecule has 19 heavy (non-hydrogen) atoms. The van der Waals surface area contributed by atoms with Crippen LogP contribution in [0.5, 0.6) is 0 Å². The molecule has 0 saturated carbocycles. The monoisotopic (exact) mass is 301 g/mol. The second-order valence-corrected chi connectivity index (χ2v) is 5.55. The summed E-state index contributed by atoms with van der Waals surface area (Å²) in [5, 5.41) is 9.20. The fourth-order valence-corrected chi connectivity index (χ4v) is 2.22. The molecule has 1 N–H and O–H groups in total. The largest absolute Gasteiger partial charge is 0.480 e. The number of carbonyl (C=O) groups excluding carboxylic acids is 1. The molecule has 0 aliphatic rings. The number of hydrogen-bond donors (Lipinski definition) is 1. The topological polar surface area (TPSA) is 57.6 Å². The Hall–Kier alpha value is -1.20. The summed E-state index contributed by atoms with van der Waals surface area (Å²) in [6.07, 6.45) is 1.90. The summed E-state index contributed by atoms with van der Waals surface area (Å²) < 4.78 is 0. The van der Waals surface area contributed by atoms with Crippen LogP contribution in [0.3, 0.4) is 0 Å². The molecular weight excluding hydrogens is 286 g/mol. The van der Waals surface area contributed by atoms with Crippen molar-refractivity contribution in [3.63, 3.8) is 0 Å². The van der Waals surface area contributed by atoms with Gasteiger partial charge in [-0.05, 0) is 38.3 Å². The molecule has 0 bridgehead atoms. The standard InChI is InChI=1S/C13H16ClNO3S/c1-8(2)15(7-12(16)17)13(18)10-6-9(19-3)4-5-11(10)14/h4-6,8H,7H2,1-3H3,(H,16,17). The van der Waals surface area contributed by atoms with E-state index < -0.39 is 5.97 Å². The van der Waals surface area contributed by atoms with Crippen molar-refractivity contribution in [1.82, 2.24) is 4.90 Å². The number of aliphatic carboxylic acids is 1. The molecular formula is C13H16ClNO3S. The summed E-state index contributed by atoms with van der Waals surface area (Å²) in [5.41, 5.74) is 0.337. The molecule has 1 rings (SSSR count). The number of carbonyl (C=O) groups is 2. The minimum atomic E-state index is -1.04. The van der Waals surface area contributed by atoms with Gasteiger partial charge in [0.15, 0.2) is 0 Å². The van der Waals surface area contributed by atoms with Crippen LogP contribution < -0.4 is 0 Å². The average molecular weight is 302 g/mol. The van der Waals surface area contributed by atoms with Crippen LogP contribution in [0.25, 0.3) is 0 Å². The van der Waals surface area contributed by atoms with Crippen molar-refractivity contribution in [3.05, 3.63) is 28.8 Å². The number of rotatable bonds is 5. The maximum absolute atomic E-state index is 12.4. The Balaban J connectivity index is 3.12. The summed E-state index contributed by atoms with van der Waals surface area (Å²) in [6.45, 7) is 3.21. The van der Waals surface area contributed by atoms with Crippen molar-refractivity contribution in [2.24, 2.45) is 0 Å². The zero-order valence-corrected chi connectivity index (χ0v) is 12.6. The molecule has 104 valence electrons. The molecule has 0 saturated heterocycles. The average Bonchev–Trinajstić information content (AvgIpc) is 2.35. The lowest BCUT2D eigenvalue weighted by molar-refractivity contribution is -0.138. The summed E-state index contributed by atoms with van der Waals surface area (Å²) >= 11 is 7.53. The van der Waals surface area contributed by atoms with Crippen molar-refractivity contribution in [2.75, 3.05) is 12.8 Å². The van der Waals surface area contributed by atoms with E-state index >= 15 is 0 Å². The predicted molar refractivity (Wildman–Crippen MR) is 77.0 cm³/mol. The van der Waals surface area contributed by atoms with Gasteiger partial charge in [0.25, 0.3) is 5.91 Å². The van der Waals surface area contributed by atoms with E-state index in [0.29, 0.717) is 10.6 Å². The van der Waals surface area contributed by atoms with Gasteiger partial charge in [0, 0.05) is 10.9 Å². The number of thioether (sulfide) groups is 1. The fraction of sp³-hybridized carbons (Fsp3) is 0.385. The number of hydrogen-bond acceptors (Lipinski definition) is 3. The molecule has 0 aliphatic heterocycles. The third-order valence-corrected chi connectivity index (χ3v) is 3.65. The Morgan fingerprint density at radius 1 is 1.42 bits per heavy atom. The highest BCUT2D eigenvalue weighted by atomic mass is 35.5. The minimum Gasteiger partial charge on any atom is -0.480 e. The third-order valence-electron chi connectivity index (χ3n) is 2.59. The van der Waals surface area contributed by atoms with Gasteiger partial charge in [-0.3, -0.25) is 9.59 Å². The Kier molecular flexibility index (Phi) is 5.69. The van der Waals surface area contributed by atoms with Crippen LogP contribution in [-0.4, -0.2) is 40.7 Å². The lowest BCUT2D eigenvalue weighted by Crippen LogP contribution is -2.40. The highest BCUT2D eigenvalue weighted by Crippen LogP contribution is 2.24. The van der Waals surface area contributed by atoms with Crippen LogP contribution in [-0.2, 0) is 4.79 Å². The normalized spacial score (nSPS) is 10.6. The van der Waals surface area contributed by atoms with Gasteiger partial charge in [-0.15, -0.1) is 11.8 Å². The molecule has 1 amide bonds. The maximum Gasteiger partial charge on any atom is 0.323 e. The van der Waals surface area contributed by atoms with Crippen LogP contribution >= 0.6 is 23.4 Å². The Morgan fingerprint density at radius 3 is 2.53 bits per heavy atom. The lowest BCUT2D eigenvalue weighted by Gasteiger charge is -2.25. The summed E-state index contributed by atoms with van der Waals surface area (Å²) in [5.74, 6) is -1.41. The smallest absolute Gasteiger partial charge is 0.323 e. The Morgan fingerprint density at radius 2 is 2.05 bits per heavy atom. The van der Waals surface area contributed by atoms with Crippen LogP contribution in [0.2, 0.25) is 5.02 Å². The molecule has 0 atom stereocenters. The van der Waals surface area contributed by atoms with Crippen LogP contribution in [0.1, 0.15) is 24.2 Å². The van der Waals surface area contributed by atoms with E-state index in [9.17, 15) is 9.59 Å². The Labute approximate surface area is 121 Å². The first-order chi connectivity index (χ1) is 8.86. The first-order valence-corrected chi connectivity index (χ1v) is 7.33. The van der Waals surface area contributed by atoms with Crippen molar-refractivity contribution in [1.29, 1.82) is 0 Å². The second kappa shape index (κ2) is 6.82. The van der Waals surface area contributed by atoms with E-state index in [4.69, 9.17) is 16.7 Å². The molecule has 0 aromatic heterocycles. The zero-order chi connectivity index (χ0) is 14.6. The van der Waals surface area contributed by atoms with E-state index in [2.05, 4.69) is 0 Å². The van der Waals surface area contributed by atoms with Gasteiger partial charge in [-0.1, -0.05) is 11.6 Å². The van der Waals surface area contributed by atoms with Gasteiger partial charge in [0.05, 0.1) is 10.6 Å². The SMILES string of the molecule is CSc1ccc(Cl)c(C(=O)N(CC(=O)O)C(C)C)c1. The van der Waals surface area contributed by atoms with Gasteiger partial charge in [-0.25, -0.2) is 0 Å². The van der Waals surface area contributed by atoms with Crippen molar-refractivity contribution < 1.29 is 14.7 Å². The maximum atomic E-state index is 12.4. The molecule has 1 aromatic carbocycles. The van der Waals surface area contributed by atoms with Crippen molar-refractivity contribution in [2.45, 2.75) is 24.8 Å². The van der Waals surface area contributed by atoms with Crippen molar-refractivity contribution in [3.8, 4) is 0 Å². The van der Waals surface area contributed by atoms with Gasteiger partial charge < -0.3 is 10.0 Å². The first-order valence-electron chi connectivity index (χ1n) is 5.73. The van der Waals surface area contributed by atoms with E-state index in [0.717, 1.165) is 4.90 Å². The van der Waals surface area contributed by atoms with Gasteiger partial charge in [0.2, 0.25) is 0 Å². The minimum absolute atomic E-state index is 0.211. The molecule has 0 aliphatic carbocycles. The lowest BCUT2D eigenvalue weighted by atomic mass is 10.1. The highest BCUT2D eigenvalue weighted by Gasteiger charge is 2.23. The number of amides is 1. The van der Waals surface area contributed by atoms with Crippen LogP contribution in [0, 0.1) is 0 Å². The number of halogens is 1. The molecule has 0 spiro atoms. The molecule has 0 fully saturated rings. The molecule has 0 radical (unpaired) electrons. The fourth-order valence-electron chi connectivity index (χ4n) is 1.58. The van der Waals surface area contributed by atoms with E-state index in [-0.39, 0.29) is 18.5 Å². The quantitative estimate of drug-likeness (QED) is 0.849. The van der Waals surface area contributed by atoms with E-state index in [1.165, 1.54) is 16.7 Å². The first kappa shape index (κ1) is 15.9. The van der Waals surface area contributed by atoms with E-state index in [1.807, 2.05) is 12.3 Å². The van der Waals surface area contributed by atoms with Gasteiger partial charge in [0.1, 0.15) is 6.54 Å². The summed E-state index contributed by atoms with van der Waals surface area (Å²) in [6, 6.07) is 4.95. The van der Waals surface area contributed by atoms with Crippen molar-refractivity contribution >= 4 is 35.2 Å². The molecule has 1 aromatic rings. The number of nitrogens with zero attached hydrogens (tertiary/aromatic N) is 1. The van der Waals surface area contributed by atoms with Gasteiger partial charge in [-0.2, -0.15) is 0 Å². The van der Waals surface area contributed by atoms with E-state index in [1.54, 1.807) is 26.0 Å². The third kappa shape index (κ3) is 4.14. The summed E-state index contributed by atoms with van der Waals surface area (Å²) in [7, 11) is 0. The number of benzene rings is 1. The molecule has 4 nitrogen and oxygen atoms in total. The molecule has 0 unspecified atom stereocenters. The van der Waals surface area contributed by atoms with Gasteiger partial charge >= 0.3 is 5.97 Å². The zero-order valence-electron chi connectivity index (χ0n) is 11.0.